The zero-order chi connectivity index (χ0) is 20.2. The smallest absolute Gasteiger partial charge is 0.222 e. The Balaban J connectivity index is 1.26. The monoisotopic (exact) mass is 400 g/mol. The molecule has 3 aliphatic rings. The van der Waals surface area contributed by atoms with Crippen molar-refractivity contribution in [2.24, 2.45) is 5.92 Å². The number of rotatable bonds is 6. The summed E-state index contributed by atoms with van der Waals surface area (Å²) in [6, 6.07) is 5.06. The zero-order valence-electron chi connectivity index (χ0n) is 18.0. The second-order valence-electron chi connectivity index (χ2n) is 8.89. The second-order valence-corrected chi connectivity index (χ2v) is 8.89. The van der Waals surface area contributed by atoms with Gasteiger partial charge in [-0.25, -0.2) is 0 Å². The van der Waals surface area contributed by atoms with Crippen LogP contribution in [0.15, 0.2) is 24.5 Å². The summed E-state index contributed by atoms with van der Waals surface area (Å²) in [7, 11) is 1.81. The SMILES string of the molecule is CCN1CCC(CC(=O)N2CCC(N3C[C@H](OC)[C@@H]3c3ccncc3)CC2)CC1. The van der Waals surface area contributed by atoms with E-state index in [9.17, 15) is 4.79 Å². The minimum Gasteiger partial charge on any atom is -0.378 e. The van der Waals surface area contributed by atoms with Gasteiger partial charge in [0.1, 0.15) is 0 Å². The van der Waals surface area contributed by atoms with Crippen LogP contribution in [-0.2, 0) is 9.53 Å². The van der Waals surface area contributed by atoms with Crippen LogP contribution in [0.4, 0.5) is 0 Å². The Morgan fingerprint density at radius 2 is 1.79 bits per heavy atom. The Labute approximate surface area is 175 Å². The minimum atomic E-state index is 0.256. The molecule has 2 atom stereocenters. The summed E-state index contributed by atoms with van der Waals surface area (Å²) in [5.74, 6) is 0.958. The van der Waals surface area contributed by atoms with Gasteiger partial charge < -0.3 is 14.5 Å². The summed E-state index contributed by atoms with van der Waals surface area (Å²) >= 11 is 0. The van der Waals surface area contributed by atoms with E-state index in [4.69, 9.17) is 4.74 Å². The highest BCUT2D eigenvalue weighted by Crippen LogP contribution is 2.39. The van der Waals surface area contributed by atoms with Gasteiger partial charge in [0.15, 0.2) is 0 Å². The first-order chi connectivity index (χ1) is 14.2. The van der Waals surface area contributed by atoms with Crippen molar-refractivity contribution < 1.29 is 9.53 Å². The fraction of sp³-hybridized carbons (Fsp3) is 0.739. The number of hydrogen-bond donors (Lipinski definition) is 0. The quantitative estimate of drug-likeness (QED) is 0.735. The molecule has 0 saturated carbocycles. The van der Waals surface area contributed by atoms with E-state index in [0.717, 1.165) is 58.5 Å². The third kappa shape index (κ3) is 4.65. The minimum absolute atomic E-state index is 0.256. The summed E-state index contributed by atoms with van der Waals surface area (Å²) in [6.07, 6.45) is 9.22. The first-order valence-electron chi connectivity index (χ1n) is 11.4. The molecule has 0 aromatic carbocycles. The van der Waals surface area contributed by atoms with E-state index in [1.807, 2.05) is 19.5 Å². The predicted molar refractivity (Wildman–Crippen MR) is 114 cm³/mol. The molecule has 0 spiro atoms. The average molecular weight is 401 g/mol. The molecule has 0 N–H and O–H groups in total. The van der Waals surface area contributed by atoms with E-state index in [1.54, 1.807) is 0 Å². The third-order valence-corrected chi connectivity index (χ3v) is 7.35. The van der Waals surface area contributed by atoms with Crippen LogP contribution in [0.2, 0.25) is 0 Å². The summed E-state index contributed by atoms with van der Waals surface area (Å²) < 4.78 is 5.70. The predicted octanol–water partition coefficient (Wildman–Crippen LogP) is 2.57. The number of carbonyl (C=O) groups is 1. The lowest BCUT2D eigenvalue weighted by Crippen LogP contribution is -2.60. The van der Waals surface area contributed by atoms with Gasteiger partial charge in [-0.1, -0.05) is 6.92 Å². The Morgan fingerprint density at radius 1 is 1.10 bits per heavy atom. The van der Waals surface area contributed by atoms with E-state index < -0.39 is 0 Å². The molecule has 3 fully saturated rings. The number of aromatic nitrogens is 1. The molecular weight excluding hydrogens is 364 g/mol. The normalized spacial score (nSPS) is 27.7. The summed E-state index contributed by atoms with van der Waals surface area (Å²) in [4.78, 5) is 24.2. The van der Waals surface area contributed by atoms with Gasteiger partial charge in [-0.3, -0.25) is 14.7 Å². The van der Waals surface area contributed by atoms with Gasteiger partial charge >= 0.3 is 0 Å². The lowest BCUT2D eigenvalue weighted by Gasteiger charge is -2.53. The van der Waals surface area contributed by atoms with Crippen LogP contribution in [0.1, 0.15) is 50.6 Å². The number of hydrogen-bond acceptors (Lipinski definition) is 5. The number of nitrogens with zero attached hydrogens (tertiary/aromatic N) is 4. The molecule has 0 radical (unpaired) electrons. The third-order valence-electron chi connectivity index (χ3n) is 7.35. The van der Waals surface area contributed by atoms with Gasteiger partial charge in [-0.15, -0.1) is 0 Å². The number of methoxy groups -OCH3 is 1. The van der Waals surface area contributed by atoms with Crippen molar-refractivity contribution in [1.82, 2.24) is 19.7 Å². The van der Waals surface area contributed by atoms with Crippen LogP contribution >= 0.6 is 0 Å². The van der Waals surface area contributed by atoms with Gasteiger partial charge in [0.2, 0.25) is 5.91 Å². The van der Waals surface area contributed by atoms with Gasteiger partial charge in [-0.2, -0.15) is 0 Å². The van der Waals surface area contributed by atoms with Crippen LogP contribution in [0, 0.1) is 5.92 Å². The maximum absolute atomic E-state index is 12.8. The van der Waals surface area contributed by atoms with Crippen LogP contribution in [0.5, 0.6) is 0 Å². The number of likely N-dealkylation sites (tertiary alicyclic amines) is 3. The molecule has 3 saturated heterocycles. The Bertz CT molecular complexity index is 654. The highest BCUT2D eigenvalue weighted by atomic mass is 16.5. The van der Waals surface area contributed by atoms with E-state index in [0.29, 0.717) is 23.9 Å². The zero-order valence-corrected chi connectivity index (χ0v) is 18.0. The number of carbonyl (C=O) groups excluding carboxylic acids is 1. The average Bonchev–Trinajstić information content (AvgIpc) is 2.75. The standard InChI is InChI=1S/C23H36N4O2/c1-3-25-12-6-18(7-13-25)16-22(28)26-14-8-20(9-15-26)27-17-21(29-2)23(27)19-4-10-24-11-5-19/h4-5,10-11,18,20-21,23H,3,6-9,12-17H2,1-2H3/t21-,23-/m0/s1. The fourth-order valence-corrected chi connectivity index (χ4v) is 5.37. The first-order valence-corrected chi connectivity index (χ1v) is 11.4. The van der Waals surface area contributed by atoms with Crippen molar-refractivity contribution in [3.63, 3.8) is 0 Å². The van der Waals surface area contributed by atoms with Crippen molar-refractivity contribution in [2.45, 2.75) is 57.2 Å². The van der Waals surface area contributed by atoms with Crippen LogP contribution in [0.3, 0.4) is 0 Å². The molecular formula is C23H36N4O2. The van der Waals surface area contributed by atoms with Crippen LogP contribution in [0.25, 0.3) is 0 Å². The largest absolute Gasteiger partial charge is 0.378 e. The number of piperidine rings is 2. The number of pyridine rings is 1. The first kappa shape index (κ1) is 20.8. The van der Waals surface area contributed by atoms with E-state index in [2.05, 4.69) is 38.7 Å². The van der Waals surface area contributed by atoms with E-state index in [1.165, 1.54) is 18.4 Å². The van der Waals surface area contributed by atoms with Crippen molar-refractivity contribution in [3.8, 4) is 0 Å². The number of ether oxygens (including phenoxy) is 1. The lowest BCUT2D eigenvalue weighted by atomic mass is 9.87. The van der Waals surface area contributed by atoms with E-state index >= 15 is 0 Å². The molecule has 4 rings (SSSR count). The van der Waals surface area contributed by atoms with Crippen LogP contribution < -0.4 is 0 Å². The molecule has 160 valence electrons. The molecule has 1 aromatic rings. The van der Waals surface area contributed by atoms with Crippen LogP contribution in [-0.4, -0.2) is 84.1 Å². The lowest BCUT2D eigenvalue weighted by molar-refractivity contribution is -0.138. The highest BCUT2D eigenvalue weighted by Gasteiger charge is 2.44. The van der Waals surface area contributed by atoms with Crippen molar-refractivity contribution in [2.75, 3.05) is 46.4 Å². The molecule has 3 aliphatic heterocycles. The number of amides is 1. The summed E-state index contributed by atoms with van der Waals surface area (Å²) in [5.41, 5.74) is 1.29. The van der Waals surface area contributed by atoms with Gasteiger partial charge in [-0.05, 0) is 68.9 Å². The summed E-state index contributed by atoms with van der Waals surface area (Å²) in [5, 5.41) is 0. The molecule has 4 heterocycles. The molecule has 0 bridgehead atoms. The second kappa shape index (κ2) is 9.54. The molecule has 6 heteroatoms. The van der Waals surface area contributed by atoms with Crippen molar-refractivity contribution >= 4 is 5.91 Å². The van der Waals surface area contributed by atoms with Crippen molar-refractivity contribution in [3.05, 3.63) is 30.1 Å². The van der Waals surface area contributed by atoms with Gasteiger partial charge in [0.05, 0.1) is 12.1 Å². The molecule has 6 nitrogen and oxygen atoms in total. The molecule has 1 amide bonds. The Morgan fingerprint density at radius 3 is 2.41 bits per heavy atom. The summed E-state index contributed by atoms with van der Waals surface area (Å²) in [6.45, 7) is 8.45. The Hall–Kier alpha value is -1.50. The molecule has 0 unspecified atom stereocenters. The Kier molecular flexibility index (Phi) is 6.83. The highest BCUT2D eigenvalue weighted by molar-refractivity contribution is 5.76. The molecule has 29 heavy (non-hydrogen) atoms. The van der Waals surface area contributed by atoms with Gasteiger partial charge in [0.25, 0.3) is 0 Å². The maximum Gasteiger partial charge on any atom is 0.222 e. The van der Waals surface area contributed by atoms with E-state index in [-0.39, 0.29) is 6.10 Å². The maximum atomic E-state index is 12.8. The topological polar surface area (TPSA) is 48.9 Å². The fourth-order valence-electron chi connectivity index (χ4n) is 5.37. The van der Waals surface area contributed by atoms with Crippen molar-refractivity contribution in [1.29, 1.82) is 0 Å². The molecule has 1 aromatic heterocycles. The van der Waals surface area contributed by atoms with Gasteiger partial charge in [0, 0.05) is 51.6 Å². The molecule has 0 aliphatic carbocycles.